The molecule has 0 fully saturated rings. The van der Waals surface area contributed by atoms with Crippen LogP contribution >= 0.6 is 11.3 Å². The molecule has 0 N–H and O–H groups in total. The van der Waals surface area contributed by atoms with Crippen molar-refractivity contribution in [2.45, 2.75) is 27.3 Å². The van der Waals surface area contributed by atoms with Crippen LogP contribution in [0.2, 0.25) is 0 Å². The Morgan fingerprint density at radius 2 is 1.00 bits per heavy atom. The van der Waals surface area contributed by atoms with Gasteiger partial charge >= 0.3 is 25.8 Å². The number of aromatic nitrogens is 1. The van der Waals surface area contributed by atoms with Crippen molar-refractivity contribution in [1.29, 1.82) is 0 Å². The van der Waals surface area contributed by atoms with Crippen LogP contribution in [-0.2, 0) is 32.4 Å². The van der Waals surface area contributed by atoms with Gasteiger partial charge in [0.25, 0.3) is 0 Å². The summed E-state index contributed by atoms with van der Waals surface area (Å²) in [6.07, 6.45) is 0. The van der Waals surface area contributed by atoms with E-state index in [4.69, 9.17) is 10.3 Å². The zero-order valence-corrected chi connectivity index (χ0v) is 32.5. The van der Waals surface area contributed by atoms with Crippen molar-refractivity contribution in [3.63, 3.8) is 0 Å². The van der Waals surface area contributed by atoms with Crippen LogP contribution in [0.25, 0.3) is 26.7 Å². The Balaban J connectivity index is 0.000000229. The number of aryl methyl sites for hydroxylation is 3. The van der Waals surface area contributed by atoms with Gasteiger partial charge in [0.1, 0.15) is 0 Å². The zero-order chi connectivity index (χ0) is 33.4. The fraction of sp³-hybridized carbons (Fsp3) is 0.0909. The fourth-order valence-corrected chi connectivity index (χ4v) is 5.85. The summed E-state index contributed by atoms with van der Waals surface area (Å²) in [7, 11) is 0. The van der Waals surface area contributed by atoms with Crippen LogP contribution in [0.1, 0.15) is 38.9 Å². The van der Waals surface area contributed by atoms with Gasteiger partial charge in [0.2, 0.25) is 0 Å². The third-order valence-electron chi connectivity index (χ3n) is 7.12. The molecule has 0 radical (unpaired) electrons. The Morgan fingerprint density at radius 1 is 0.562 bits per heavy atom. The number of fused-ring (bicyclic) bond motifs is 1. The Morgan fingerprint density at radius 3 is 1.42 bits per heavy atom. The first kappa shape index (κ1) is 37.9. The van der Waals surface area contributed by atoms with Gasteiger partial charge in [0.05, 0.1) is 0 Å². The molecule has 0 aliphatic carbocycles. The molecule has 0 aliphatic heterocycles. The molecule has 0 bridgehead atoms. The summed E-state index contributed by atoms with van der Waals surface area (Å²) >= 11 is 1.66. The molecule has 6 aromatic carbocycles. The maximum Gasteiger partial charge on any atom is 4.00 e. The van der Waals surface area contributed by atoms with Crippen LogP contribution in [0.15, 0.2) is 152 Å². The van der Waals surface area contributed by atoms with Crippen molar-refractivity contribution in [2.75, 3.05) is 0 Å². The predicted octanol–water partition coefficient (Wildman–Crippen LogP) is 12.7. The SMILES string of the molecule is Cc1cc(C)c(-c2cccc3sc([N-]Cc4ccccc4)nc23)c(C)c1.[CH2-]c1ccccc1.[CH2-]c1ccccc1.[CH2-]c1ccccc1.[Hf+4]. The molecular formula is C44H42HfN2S. The number of para-hydroxylation sites is 1. The third-order valence-corrected chi connectivity index (χ3v) is 8.07. The molecule has 0 unspecified atom stereocenters. The summed E-state index contributed by atoms with van der Waals surface area (Å²) in [5, 5.41) is 5.56. The minimum atomic E-state index is 0. The molecule has 0 amide bonds. The van der Waals surface area contributed by atoms with Crippen LogP contribution in [0.5, 0.6) is 0 Å². The Hall–Kier alpha value is -4.51. The van der Waals surface area contributed by atoms with Gasteiger partial charge in [-0.05, 0) is 71.8 Å². The third kappa shape index (κ3) is 12.3. The van der Waals surface area contributed by atoms with E-state index in [9.17, 15) is 0 Å². The van der Waals surface area contributed by atoms with E-state index in [-0.39, 0.29) is 25.8 Å². The van der Waals surface area contributed by atoms with E-state index in [1.54, 1.807) is 11.3 Å². The topological polar surface area (TPSA) is 27.0 Å². The average molecular weight is 809 g/mol. The summed E-state index contributed by atoms with van der Waals surface area (Å²) < 4.78 is 1.19. The molecule has 238 valence electrons. The number of hydrogen-bond acceptors (Lipinski definition) is 2. The van der Waals surface area contributed by atoms with Crippen LogP contribution in [0, 0.1) is 41.5 Å². The Kier molecular flexibility index (Phi) is 15.8. The van der Waals surface area contributed by atoms with Crippen molar-refractivity contribution < 1.29 is 25.8 Å². The molecule has 0 spiro atoms. The van der Waals surface area contributed by atoms with E-state index in [1.807, 2.05) is 109 Å². The van der Waals surface area contributed by atoms with Crippen LogP contribution in [-0.4, -0.2) is 4.98 Å². The molecule has 4 heteroatoms. The molecule has 0 saturated heterocycles. The minimum Gasteiger partial charge on any atom is -0.452 e. The van der Waals surface area contributed by atoms with Gasteiger partial charge in [0, 0.05) is 4.70 Å². The van der Waals surface area contributed by atoms with Crippen molar-refractivity contribution in [2.24, 2.45) is 0 Å². The van der Waals surface area contributed by atoms with E-state index in [0.29, 0.717) is 6.54 Å². The van der Waals surface area contributed by atoms with E-state index in [0.717, 1.165) is 27.3 Å². The molecule has 7 aromatic rings. The second-order valence-corrected chi connectivity index (χ2v) is 12.2. The second kappa shape index (κ2) is 20.0. The van der Waals surface area contributed by atoms with Crippen molar-refractivity contribution in [1.82, 2.24) is 4.98 Å². The molecule has 0 aliphatic rings. The average Bonchev–Trinajstić information content (AvgIpc) is 3.50. The first-order valence-electron chi connectivity index (χ1n) is 15.6. The van der Waals surface area contributed by atoms with E-state index >= 15 is 0 Å². The Bertz CT molecular complexity index is 1810. The standard InChI is InChI=1S/C23H21N2S.3C7H7.Hf/c1-15-12-16(2)21(17(3)13-15)19-10-7-11-20-22(19)25-23(26-20)24-14-18-8-5-4-6-9-18;3*1-7-5-3-2-4-6-7;/h4-13H,14H2,1-3H3;3*2-6H,1H2;/q4*-1;+4. The number of hydrogen-bond donors (Lipinski definition) is 0. The van der Waals surface area contributed by atoms with Gasteiger partial charge in [-0.2, -0.15) is 73.9 Å². The molecule has 1 heterocycles. The summed E-state index contributed by atoms with van der Waals surface area (Å²) in [4.78, 5) is 4.86. The number of thiazole rings is 1. The predicted molar refractivity (Wildman–Crippen MR) is 205 cm³/mol. The van der Waals surface area contributed by atoms with Gasteiger partial charge in [0.15, 0.2) is 0 Å². The second-order valence-electron chi connectivity index (χ2n) is 11.2. The zero-order valence-electron chi connectivity index (χ0n) is 28.1. The summed E-state index contributed by atoms with van der Waals surface area (Å²) in [5.74, 6) is 0. The summed E-state index contributed by atoms with van der Waals surface area (Å²) in [6.45, 7) is 18.3. The normalized spacial score (nSPS) is 9.73. The first-order valence-corrected chi connectivity index (χ1v) is 16.4. The number of rotatable bonds is 4. The molecule has 48 heavy (non-hydrogen) atoms. The van der Waals surface area contributed by atoms with Gasteiger partial charge < -0.3 is 10.3 Å². The molecule has 7 rings (SSSR count). The first-order chi connectivity index (χ1) is 22.8. The van der Waals surface area contributed by atoms with Crippen molar-refractivity contribution in [3.05, 3.63) is 217 Å². The summed E-state index contributed by atoms with van der Waals surface area (Å²) in [6, 6.07) is 50.9. The molecule has 0 saturated carbocycles. The van der Waals surface area contributed by atoms with Crippen LogP contribution in [0.3, 0.4) is 0 Å². The fourth-order valence-electron chi connectivity index (χ4n) is 4.99. The monoisotopic (exact) mass is 810 g/mol. The van der Waals surface area contributed by atoms with Crippen molar-refractivity contribution in [3.8, 4) is 11.1 Å². The van der Waals surface area contributed by atoms with Gasteiger partial charge in [-0.3, -0.25) is 0 Å². The van der Waals surface area contributed by atoms with E-state index in [2.05, 4.69) is 84.0 Å². The van der Waals surface area contributed by atoms with E-state index < -0.39 is 0 Å². The smallest absolute Gasteiger partial charge is 0.452 e. The van der Waals surface area contributed by atoms with E-state index in [1.165, 1.54) is 38.1 Å². The maximum atomic E-state index is 4.86. The number of benzene rings is 6. The van der Waals surface area contributed by atoms with Gasteiger partial charge in [-0.15, -0.1) is 47.7 Å². The van der Waals surface area contributed by atoms with Gasteiger partial charge in [-0.1, -0.05) is 78.4 Å². The summed E-state index contributed by atoms with van der Waals surface area (Å²) in [5.41, 5.74) is 11.9. The minimum absolute atomic E-state index is 0. The Labute approximate surface area is 310 Å². The quantitative estimate of drug-likeness (QED) is 0.129. The van der Waals surface area contributed by atoms with Crippen LogP contribution < -0.4 is 0 Å². The molecule has 2 nitrogen and oxygen atoms in total. The molecule has 1 aromatic heterocycles. The van der Waals surface area contributed by atoms with Gasteiger partial charge in [-0.25, -0.2) is 0 Å². The van der Waals surface area contributed by atoms with Crippen molar-refractivity contribution >= 4 is 26.7 Å². The van der Waals surface area contributed by atoms with Crippen LogP contribution in [0.4, 0.5) is 5.13 Å². The largest absolute Gasteiger partial charge is 4.00 e. The molecule has 0 atom stereocenters. The molecular weight excluding hydrogens is 767 g/mol. The maximum absolute atomic E-state index is 4.86. The number of nitrogens with zero attached hydrogens (tertiary/aromatic N) is 2.